The molecule has 0 radical (unpaired) electrons. The quantitative estimate of drug-likeness (QED) is 0.498. The van der Waals surface area contributed by atoms with E-state index >= 15 is 0 Å². The molecule has 0 bridgehead atoms. The van der Waals surface area contributed by atoms with Crippen LogP contribution in [0.1, 0.15) is 16.1 Å². The molecule has 10 nitrogen and oxygen atoms in total. The van der Waals surface area contributed by atoms with E-state index in [-0.39, 0.29) is 17.3 Å². The number of nitrogens with one attached hydrogen (secondary N) is 1. The summed E-state index contributed by atoms with van der Waals surface area (Å²) in [6.07, 6.45) is 0. The fourth-order valence-corrected chi connectivity index (χ4v) is 4.34. The zero-order valence-electron chi connectivity index (χ0n) is 18.4. The van der Waals surface area contributed by atoms with E-state index in [0.717, 1.165) is 43.9 Å². The summed E-state index contributed by atoms with van der Waals surface area (Å²) in [7, 11) is -2.16. The van der Waals surface area contributed by atoms with Gasteiger partial charge in [-0.1, -0.05) is 24.3 Å². The van der Waals surface area contributed by atoms with Crippen LogP contribution in [0.3, 0.4) is 0 Å². The molecule has 11 heteroatoms. The van der Waals surface area contributed by atoms with Gasteiger partial charge in [0.1, 0.15) is 11.3 Å². The topological polar surface area (TPSA) is 129 Å². The second-order valence-electron chi connectivity index (χ2n) is 7.75. The van der Waals surface area contributed by atoms with Gasteiger partial charge in [-0.25, -0.2) is 13.6 Å². The molecule has 4 rings (SSSR count). The minimum absolute atomic E-state index is 0.0228. The number of hydrogen-bond acceptors (Lipinski definition) is 7. The minimum Gasteiger partial charge on any atom is -0.494 e. The summed E-state index contributed by atoms with van der Waals surface area (Å²) in [6.45, 7) is 4.79. The minimum atomic E-state index is -3.76. The molecule has 1 saturated heterocycles. The fourth-order valence-electron chi connectivity index (χ4n) is 3.82. The number of rotatable bonds is 8. The molecule has 1 aliphatic heterocycles. The van der Waals surface area contributed by atoms with Crippen LogP contribution in [0.2, 0.25) is 0 Å². The summed E-state index contributed by atoms with van der Waals surface area (Å²) >= 11 is 0. The predicted molar refractivity (Wildman–Crippen MR) is 123 cm³/mol. The number of carbonyl (C=O) groups excluding carboxylic acids is 1. The van der Waals surface area contributed by atoms with Crippen molar-refractivity contribution < 1.29 is 22.7 Å². The van der Waals surface area contributed by atoms with Gasteiger partial charge in [-0.2, -0.15) is 5.10 Å². The van der Waals surface area contributed by atoms with Crippen molar-refractivity contribution in [1.82, 2.24) is 20.0 Å². The third kappa shape index (κ3) is 5.33. The van der Waals surface area contributed by atoms with Gasteiger partial charge in [-0.3, -0.25) is 14.4 Å². The summed E-state index contributed by atoms with van der Waals surface area (Å²) < 4.78 is 35.6. The highest BCUT2D eigenvalue weighted by Gasteiger charge is 2.21. The normalized spacial score (nSPS) is 15.0. The molecule has 33 heavy (non-hydrogen) atoms. The first-order valence-corrected chi connectivity index (χ1v) is 12.1. The number of amides is 1. The number of nitrogens with two attached hydrogens (primary N) is 1. The maximum atomic E-state index is 13.0. The van der Waals surface area contributed by atoms with Crippen LogP contribution in [0.4, 0.5) is 0 Å². The van der Waals surface area contributed by atoms with Crippen molar-refractivity contribution in [3.05, 3.63) is 53.7 Å². The van der Waals surface area contributed by atoms with Gasteiger partial charge in [0.15, 0.2) is 5.69 Å². The van der Waals surface area contributed by atoms with E-state index < -0.39 is 10.0 Å². The number of ether oxygens (including phenoxy) is 2. The highest BCUT2D eigenvalue weighted by atomic mass is 32.2. The number of primary sulfonamides is 1. The van der Waals surface area contributed by atoms with Gasteiger partial charge in [0, 0.05) is 31.6 Å². The van der Waals surface area contributed by atoms with Crippen LogP contribution >= 0.6 is 0 Å². The van der Waals surface area contributed by atoms with Gasteiger partial charge in [-0.15, -0.1) is 0 Å². The van der Waals surface area contributed by atoms with Gasteiger partial charge in [0.2, 0.25) is 10.0 Å². The van der Waals surface area contributed by atoms with Crippen LogP contribution in [0, 0.1) is 0 Å². The number of para-hydroxylation sites is 1. The number of sulfonamides is 1. The lowest BCUT2D eigenvalue weighted by Crippen LogP contribution is -2.38. The van der Waals surface area contributed by atoms with Crippen molar-refractivity contribution in [3.63, 3.8) is 0 Å². The Kier molecular flexibility index (Phi) is 6.94. The Balaban J connectivity index is 1.53. The molecule has 1 aromatic heterocycles. The van der Waals surface area contributed by atoms with Gasteiger partial charge in [-0.05, 0) is 23.8 Å². The number of hydrogen-bond donors (Lipinski definition) is 2. The number of morpholine rings is 1. The van der Waals surface area contributed by atoms with E-state index in [9.17, 15) is 13.2 Å². The molecule has 0 saturated carbocycles. The smallest absolute Gasteiger partial charge is 0.272 e. The molecule has 2 aromatic carbocycles. The van der Waals surface area contributed by atoms with Crippen LogP contribution in [0.25, 0.3) is 10.9 Å². The zero-order valence-corrected chi connectivity index (χ0v) is 19.2. The molecule has 0 spiro atoms. The maximum absolute atomic E-state index is 13.0. The lowest BCUT2D eigenvalue weighted by Gasteiger charge is -2.26. The van der Waals surface area contributed by atoms with Crippen molar-refractivity contribution in [1.29, 1.82) is 0 Å². The molecule has 0 atom stereocenters. The maximum Gasteiger partial charge on any atom is 0.272 e. The first kappa shape index (κ1) is 23.2. The molecule has 1 aliphatic rings. The van der Waals surface area contributed by atoms with E-state index in [0.29, 0.717) is 23.4 Å². The lowest BCUT2D eigenvalue weighted by atomic mass is 10.1. The number of aromatic nitrogens is 2. The van der Waals surface area contributed by atoms with Crippen LogP contribution in [-0.4, -0.2) is 69.0 Å². The molecule has 3 aromatic rings. The van der Waals surface area contributed by atoms with Gasteiger partial charge >= 0.3 is 0 Å². The van der Waals surface area contributed by atoms with Gasteiger partial charge < -0.3 is 14.8 Å². The summed E-state index contributed by atoms with van der Waals surface area (Å²) in [4.78, 5) is 15.3. The Morgan fingerprint density at radius 3 is 2.55 bits per heavy atom. The lowest BCUT2D eigenvalue weighted by molar-refractivity contribution is 0.0361. The highest BCUT2D eigenvalue weighted by Crippen LogP contribution is 2.28. The van der Waals surface area contributed by atoms with E-state index in [2.05, 4.69) is 15.3 Å². The average molecular weight is 474 g/mol. The van der Waals surface area contributed by atoms with Crippen molar-refractivity contribution in [2.45, 2.75) is 18.0 Å². The van der Waals surface area contributed by atoms with Crippen LogP contribution in [-0.2, 0) is 27.8 Å². The molecule has 3 N–H and O–H groups in total. The number of benzene rings is 2. The van der Waals surface area contributed by atoms with E-state index in [1.807, 2.05) is 22.9 Å². The highest BCUT2D eigenvalue weighted by molar-refractivity contribution is 7.89. The first-order valence-electron chi connectivity index (χ1n) is 10.6. The van der Waals surface area contributed by atoms with Gasteiger partial charge in [0.05, 0.1) is 31.8 Å². The third-order valence-corrected chi connectivity index (χ3v) is 6.53. The van der Waals surface area contributed by atoms with E-state index in [4.69, 9.17) is 14.6 Å². The predicted octanol–water partition coefficient (Wildman–Crippen LogP) is 0.955. The molecule has 2 heterocycles. The number of nitrogens with zero attached hydrogens (tertiary/aromatic N) is 3. The largest absolute Gasteiger partial charge is 0.494 e. The number of fused-ring (bicyclic) bond motifs is 1. The molecule has 0 aliphatic carbocycles. The second-order valence-corrected chi connectivity index (χ2v) is 9.32. The summed E-state index contributed by atoms with van der Waals surface area (Å²) in [6, 6.07) is 11.6. The first-order chi connectivity index (χ1) is 15.9. The zero-order chi connectivity index (χ0) is 23.4. The van der Waals surface area contributed by atoms with Crippen molar-refractivity contribution in [3.8, 4) is 5.75 Å². The Morgan fingerprint density at radius 1 is 1.15 bits per heavy atom. The molecular weight excluding hydrogens is 446 g/mol. The van der Waals surface area contributed by atoms with E-state index in [1.165, 1.54) is 12.1 Å². The van der Waals surface area contributed by atoms with Gasteiger partial charge in [0.25, 0.3) is 5.91 Å². The Labute approximate surface area is 192 Å². The number of carbonyl (C=O) groups is 1. The molecule has 176 valence electrons. The third-order valence-electron chi connectivity index (χ3n) is 5.60. The van der Waals surface area contributed by atoms with Crippen molar-refractivity contribution >= 4 is 26.8 Å². The summed E-state index contributed by atoms with van der Waals surface area (Å²) in [5, 5.41) is 13.3. The SMILES string of the molecule is COc1cccc2c(C(=O)NCc3ccc(S(N)(=O)=O)cc3)nn(CCN3CCOCC3)c12. The summed E-state index contributed by atoms with van der Waals surface area (Å²) in [5.74, 6) is 0.327. The Morgan fingerprint density at radius 2 is 1.88 bits per heavy atom. The molecule has 1 amide bonds. The van der Waals surface area contributed by atoms with Crippen molar-refractivity contribution in [2.24, 2.45) is 5.14 Å². The standard InChI is InChI=1S/C22H27N5O5S/c1-31-19-4-2-3-18-20(25-27(21(18)19)10-9-26-11-13-32-14-12-26)22(28)24-15-16-5-7-17(8-6-16)33(23,29)30/h2-8H,9-15H2,1H3,(H,24,28)(H2,23,29,30). The van der Waals surface area contributed by atoms with Crippen LogP contribution in [0.15, 0.2) is 47.4 Å². The average Bonchev–Trinajstić information content (AvgIpc) is 3.20. The monoisotopic (exact) mass is 473 g/mol. The van der Waals surface area contributed by atoms with Crippen LogP contribution in [0.5, 0.6) is 5.75 Å². The fraction of sp³-hybridized carbons (Fsp3) is 0.364. The molecular formula is C22H27N5O5S. The van der Waals surface area contributed by atoms with Crippen LogP contribution < -0.4 is 15.2 Å². The second kappa shape index (κ2) is 9.87. The Bertz CT molecular complexity index is 1230. The Hall–Kier alpha value is -2.99. The summed E-state index contributed by atoms with van der Waals surface area (Å²) in [5.41, 5.74) is 1.83. The molecule has 1 fully saturated rings. The van der Waals surface area contributed by atoms with Crippen molar-refractivity contribution in [2.75, 3.05) is 40.0 Å². The molecule has 0 unspecified atom stereocenters. The number of methoxy groups -OCH3 is 1. The van der Waals surface area contributed by atoms with E-state index in [1.54, 1.807) is 19.2 Å².